The molecule has 2 aliphatic heterocycles. The Labute approximate surface area is 114 Å². The van der Waals surface area contributed by atoms with Crippen molar-refractivity contribution in [2.24, 2.45) is 7.05 Å². The van der Waals surface area contributed by atoms with Gasteiger partial charge in [0.25, 0.3) is 0 Å². The van der Waals surface area contributed by atoms with Crippen LogP contribution in [0.15, 0.2) is 0 Å². The molecule has 0 aromatic carbocycles. The molecule has 0 aliphatic carbocycles. The smallest absolute Gasteiger partial charge is 0.155 e. The van der Waals surface area contributed by atoms with E-state index in [1.807, 2.05) is 18.7 Å². The third-order valence-corrected chi connectivity index (χ3v) is 4.46. The van der Waals surface area contributed by atoms with E-state index in [0.717, 1.165) is 36.5 Å². The first-order chi connectivity index (χ1) is 9.20. The van der Waals surface area contributed by atoms with Gasteiger partial charge in [0.1, 0.15) is 5.82 Å². The molecule has 2 saturated heterocycles. The Morgan fingerprint density at radius 2 is 2.05 bits per heavy atom. The maximum absolute atomic E-state index is 11.3. The third kappa shape index (κ3) is 2.16. The van der Waals surface area contributed by atoms with Gasteiger partial charge in [0.15, 0.2) is 6.29 Å². The molecular formula is C14H22N4O. The highest BCUT2D eigenvalue weighted by Gasteiger charge is 2.30. The molecule has 0 N–H and O–H groups in total. The van der Waals surface area contributed by atoms with E-state index in [1.165, 1.54) is 32.4 Å². The molecular weight excluding hydrogens is 240 g/mol. The van der Waals surface area contributed by atoms with Gasteiger partial charge in [0, 0.05) is 32.7 Å². The van der Waals surface area contributed by atoms with Crippen molar-refractivity contribution in [1.29, 1.82) is 0 Å². The van der Waals surface area contributed by atoms with Crippen LogP contribution in [0.5, 0.6) is 0 Å². The minimum Gasteiger partial charge on any atom is -0.355 e. The second-order valence-electron chi connectivity index (χ2n) is 5.70. The highest BCUT2D eigenvalue weighted by atomic mass is 16.1. The largest absolute Gasteiger partial charge is 0.355 e. The number of anilines is 1. The van der Waals surface area contributed by atoms with Crippen LogP contribution in [-0.2, 0) is 7.05 Å². The number of carbonyl (C=O) groups excluding carboxylic acids is 1. The Bertz CT molecular complexity index is 482. The van der Waals surface area contributed by atoms with Crippen molar-refractivity contribution in [1.82, 2.24) is 14.7 Å². The number of nitrogens with zero attached hydrogens (tertiary/aromatic N) is 4. The monoisotopic (exact) mass is 262 g/mol. The maximum atomic E-state index is 11.3. The van der Waals surface area contributed by atoms with E-state index in [0.29, 0.717) is 6.04 Å². The molecule has 5 heteroatoms. The molecule has 1 atom stereocenters. The minimum atomic E-state index is 0.650. The zero-order chi connectivity index (χ0) is 13.4. The molecule has 3 rings (SSSR count). The first kappa shape index (κ1) is 12.7. The summed E-state index contributed by atoms with van der Waals surface area (Å²) in [7, 11) is 1.94. The summed E-state index contributed by atoms with van der Waals surface area (Å²) in [5.41, 5.74) is 1.59. The van der Waals surface area contributed by atoms with E-state index >= 15 is 0 Å². The van der Waals surface area contributed by atoms with Crippen LogP contribution in [0, 0.1) is 6.92 Å². The summed E-state index contributed by atoms with van der Waals surface area (Å²) in [5, 5.41) is 4.40. The van der Waals surface area contributed by atoms with Crippen molar-refractivity contribution in [3.8, 4) is 0 Å². The van der Waals surface area contributed by atoms with Gasteiger partial charge in [-0.25, -0.2) is 0 Å². The van der Waals surface area contributed by atoms with Crippen LogP contribution in [0.25, 0.3) is 0 Å². The molecule has 5 nitrogen and oxygen atoms in total. The molecule has 0 bridgehead atoms. The van der Waals surface area contributed by atoms with E-state index in [2.05, 4.69) is 14.9 Å². The molecule has 1 unspecified atom stereocenters. The lowest BCUT2D eigenvalue weighted by molar-refractivity contribution is 0.112. The van der Waals surface area contributed by atoms with Crippen molar-refractivity contribution in [2.75, 3.05) is 31.1 Å². The van der Waals surface area contributed by atoms with Gasteiger partial charge in [0.05, 0.1) is 11.3 Å². The first-order valence-electron chi connectivity index (χ1n) is 7.18. The number of aldehydes is 1. The summed E-state index contributed by atoms with van der Waals surface area (Å²) < 4.78 is 1.86. The molecule has 19 heavy (non-hydrogen) atoms. The van der Waals surface area contributed by atoms with E-state index in [9.17, 15) is 4.79 Å². The van der Waals surface area contributed by atoms with E-state index in [1.54, 1.807) is 0 Å². The van der Waals surface area contributed by atoms with Crippen LogP contribution in [0.1, 0.15) is 35.3 Å². The van der Waals surface area contributed by atoms with Gasteiger partial charge >= 0.3 is 0 Å². The van der Waals surface area contributed by atoms with Gasteiger partial charge in [-0.1, -0.05) is 0 Å². The molecule has 104 valence electrons. The fourth-order valence-electron chi connectivity index (χ4n) is 3.57. The summed E-state index contributed by atoms with van der Waals surface area (Å²) in [6.45, 7) is 6.39. The van der Waals surface area contributed by atoms with Crippen LogP contribution < -0.4 is 4.90 Å². The number of hydrogen-bond acceptors (Lipinski definition) is 4. The van der Waals surface area contributed by atoms with Gasteiger partial charge in [-0.3, -0.25) is 14.4 Å². The first-order valence-corrected chi connectivity index (χ1v) is 7.18. The Kier molecular flexibility index (Phi) is 3.31. The lowest BCUT2D eigenvalue weighted by atomic mass is 10.2. The standard InChI is InChI=1S/C14H22N4O/c1-11-13(10-19)14(16(2)15-11)18-8-4-7-17-6-3-5-12(17)9-18/h10,12H,3-9H2,1-2H3. The predicted octanol–water partition coefficient (Wildman–Crippen LogP) is 1.22. The summed E-state index contributed by atoms with van der Waals surface area (Å²) in [4.78, 5) is 16.3. The Balaban J connectivity index is 1.90. The van der Waals surface area contributed by atoms with Gasteiger partial charge in [0.2, 0.25) is 0 Å². The van der Waals surface area contributed by atoms with E-state index in [4.69, 9.17) is 0 Å². The highest BCUT2D eigenvalue weighted by Crippen LogP contribution is 2.27. The summed E-state index contributed by atoms with van der Waals surface area (Å²) in [6, 6.07) is 0.650. The molecule has 0 saturated carbocycles. The predicted molar refractivity (Wildman–Crippen MR) is 74.8 cm³/mol. The van der Waals surface area contributed by atoms with Crippen molar-refractivity contribution in [3.05, 3.63) is 11.3 Å². The topological polar surface area (TPSA) is 41.4 Å². The van der Waals surface area contributed by atoms with Gasteiger partial charge in [-0.15, -0.1) is 0 Å². The average Bonchev–Trinajstić information content (AvgIpc) is 2.87. The number of carbonyl (C=O) groups is 1. The fourth-order valence-corrected chi connectivity index (χ4v) is 3.57. The quantitative estimate of drug-likeness (QED) is 0.751. The lowest BCUT2D eigenvalue weighted by Gasteiger charge is -2.27. The van der Waals surface area contributed by atoms with Crippen molar-refractivity contribution in [3.63, 3.8) is 0 Å². The number of aromatic nitrogens is 2. The number of aryl methyl sites for hydroxylation is 2. The molecule has 0 radical (unpaired) electrons. The lowest BCUT2D eigenvalue weighted by Crippen LogP contribution is -2.37. The van der Waals surface area contributed by atoms with Crippen LogP contribution in [0.3, 0.4) is 0 Å². The second-order valence-corrected chi connectivity index (χ2v) is 5.70. The van der Waals surface area contributed by atoms with Crippen LogP contribution >= 0.6 is 0 Å². The Morgan fingerprint density at radius 1 is 1.26 bits per heavy atom. The normalized spacial score (nSPS) is 24.3. The number of hydrogen-bond donors (Lipinski definition) is 0. The van der Waals surface area contributed by atoms with Crippen LogP contribution in [-0.4, -0.2) is 53.2 Å². The molecule has 1 aromatic rings. The zero-order valence-electron chi connectivity index (χ0n) is 11.8. The zero-order valence-corrected chi connectivity index (χ0v) is 11.8. The van der Waals surface area contributed by atoms with E-state index < -0.39 is 0 Å². The van der Waals surface area contributed by atoms with Gasteiger partial charge < -0.3 is 4.90 Å². The molecule has 0 spiro atoms. The number of fused-ring (bicyclic) bond motifs is 1. The average molecular weight is 262 g/mol. The van der Waals surface area contributed by atoms with Gasteiger partial charge in [-0.2, -0.15) is 5.10 Å². The van der Waals surface area contributed by atoms with Crippen molar-refractivity contribution in [2.45, 2.75) is 32.2 Å². The van der Waals surface area contributed by atoms with Crippen LogP contribution in [0.2, 0.25) is 0 Å². The minimum absolute atomic E-state index is 0.650. The second kappa shape index (κ2) is 4.96. The summed E-state index contributed by atoms with van der Waals surface area (Å²) >= 11 is 0. The Morgan fingerprint density at radius 3 is 2.84 bits per heavy atom. The Hall–Kier alpha value is -1.36. The molecule has 0 amide bonds. The van der Waals surface area contributed by atoms with Crippen molar-refractivity contribution < 1.29 is 4.79 Å². The molecule has 1 aromatic heterocycles. The summed E-state index contributed by atoms with van der Waals surface area (Å²) in [6.07, 6.45) is 4.71. The maximum Gasteiger partial charge on any atom is 0.155 e. The highest BCUT2D eigenvalue weighted by molar-refractivity contribution is 5.84. The van der Waals surface area contributed by atoms with Crippen molar-refractivity contribution >= 4 is 12.1 Å². The summed E-state index contributed by atoms with van der Waals surface area (Å²) in [5.74, 6) is 1.00. The third-order valence-electron chi connectivity index (χ3n) is 4.46. The molecule has 2 aliphatic rings. The van der Waals surface area contributed by atoms with Gasteiger partial charge in [-0.05, 0) is 32.7 Å². The fraction of sp³-hybridized carbons (Fsp3) is 0.714. The molecule has 3 heterocycles. The van der Waals surface area contributed by atoms with E-state index in [-0.39, 0.29) is 0 Å². The number of rotatable bonds is 2. The van der Waals surface area contributed by atoms with Crippen LogP contribution in [0.4, 0.5) is 5.82 Å². The SMILES string of the molecule is Cc1nn(C)c(N2CCCN3CCCC3C2)c1C=O. The molecule has 2 fully saturated rings.